The van der Waals surface area contributed by atoms with E-state index >= 15 is 0 Å². The largest absolute Gasteiger partial charge is 0.591 e. The highest BCUT2D eigenvalue weighted by molar-refractivity contribution is 7.91. The molecule has 0 N–H and O–H groups in total. The average molecular weight is 287 g/mol. The van der Waals surface area contributed by atoms with Crippen molar-refractivity contribution in [2.45, 2.75) is 65.2 Å². The fourth-order valence-corrected chi connectivity index (χ4v) is 2.30. The monoisotopic (exact) mass is 287 g/mol. The summed E-state index contributed by atoms with van der Waals surface area (Å²) >= 11 is -1.26. The molecule has 0 saturated heterocycles. The summed E-state index contributed by atoms with van der Waals surface area (Å²) in [4.78, 5) is 11.9. The normalized spacial score (nSPS) is 26.0. The van der Waals surface area contributed by atoms with Gasteiger partial charge in [0.1, 0.15) is 21.7 Å². The fourth-order valence-electron chi connectivity index (χ4n) is 1.63. The Balaban J connectivity index is 2.58. The summed E-state index contributed by atoms with van der Waals surface area (Å²) in [6.07, 6.45) is 0.756. The molecule has 0 spiro atoms. The van der Waals surface area contributed by atoms with Gasteiger partial charge in [0.05, 0.1) is 11.6 Å². The van der Waals surface area contributed by atoms with E-state index in [0.29, 0.717) is 0 Å². The highest BCUT2D eigenvalue weighted by Gasteiger charge is 2.48. The van der Waals surface area contributed by atoms with Gasteiger partial charge in [-0.25, -0.2) is 0 Å². The molecule has 4 nitrogen and oxygen atoms in total. The molecule has 0 heterocycles. The van der Waals surface area contributed by atoms with E-state index in [4.69, 9.17) is 4.74 Å². The van der Waals surface area contributed by atoms with Crippen molar-refractivity contribution in [2.24, 2.45) is 16.2 Å². The molecule has 110 valence electrons. The second-order valence-electron chi connectivity index (χ2n) is 7.08. The van der Waals surface area contributed by atoms with E-state index < -0.39 is 17.0 Å². The molecule has 19 heavy (non-hydrogen) atoms. The number of carbonyl (C=O) groups excluding carboxylic acids is 1. The minimum Gasteiger partial charge on any atom is -0.591 e. The van der Waals surface area contributed by atoms with E-state index in [1.165, 1.54) is 0 Å². The molecule has 0 aromatic heterocycles. The molecule has 0 amide bonds. The van der Waals surface area contributed by atoms with Gasteiger partial charge in [0.15, 0.2) is 0 Å². The van der Waals surface area contributed by atoms with Gasteiger partial charge in [-0.05, 0) is 54.9 Å². The zero-order chi connectivity index (χ0) is 15.0. The van der Waals surface area contributed by atoms with Crippen LogP contribution in [-0.2, 0) is 20.9 Å². The lowest BCUT2D eigenvalue weighted by molar-refractivity contribution is -0.156. The molecule has 1 saturated carbocycles. The summed E-state index contributed by atoms with van der Waals surface area (Å²) in [7, 11) is 0. The molecule has 1 rings (SSSR count). The van der Waals surface area contributed by atoms with Crippen molar-refractivity contribution in [2.75, 3.05) is 0 Å². The van der Waals surface area contributed by atoms with E-state index in [1.807, 2.05) is 48.5 Å². The topological polar surface area (TPSA) is 61.7 Å². The van der Waals surface area contributed by atoms with Crippen LogP contribution in [0.4, 0.5) is 0 Å². The standard InChI is InChI=1S/C14H25NO3S/c1-9(15-19(17)14(5,6)7)10-8-11(10)12(16)18-13(2,3)4/h10-11H,8H2,1-7H3/b15-9+/t10-,11+,19?/m0/s1. The molecule has 5 heteroatoms. The third-order valence-electron chi connectivity index (χ3n) is 2.79. The van der Waals surface area contributed by atoms with E-state index in [-0.39, 0.29) is 22.6 Å². The molecule has 1 aliphatic carbocycles. The number of hydrogen-bond donors (Lipinski definition) is 0. The van der Waals surface area contributed by atoms with Crippen LogP contribution in [0.15, 0.2) is 4.40 Å². The van der Waals surface area contributed by atoms with Gasteiger partial charge in [0.25, 0.3) is 0 Å². The molecule has 0 bridgehead atoms. The first-order chi connectivity index (χ1) is 8.42. The Morgan fingerprint density at radius 1 is 1.21 bits per heavy atom. The Kier molecular flexibility index (Phi) is 4.73. The molecular formula is C14H25NO3S. The second-order valence-corrected chi connectivity index (χ2v) is 8.98. The first kappa shape index (κ1) is 16.5. The van der Waals surface area contributed by atoms with Crippen LogP contribution in [0.5, 0.6) is 0 Å². The Morgan fingerprint density at radius 3 is 2.16 bits per heavy atom. The maximum atomic E-state index is 11.9. The van der Waals surface area contributed by atoms with Gasteiger partial charge in [0, 0.05) is 5.92 Å². The van der Waals surface area contributed by atoms with Crippen LogP contribution in [0.1, 0.15) is 54.9 Å². The van der Waals surface area contributed by atoms with Crippen molar-refractivity contribution in [1.29, 1.82) is 0 Å². The van der Waals surface area contributed by atoms with E-state index in [0.717, 1.165) is 12.1 Å². The molecule has 1 aliphatic rings. The number of hydrogen-bond acceptors (Lipinski definition) is 4. The van der Waals surface area contributed by atoms with Gasteiger partial charge in [-0.15, -0.1) is 0 Å². The Bertz CT molecular complexity index is 379. The van der Waals surface area contributed by atoms with Crippen molar-refractivity contribution in [3.8, 4) is 0 Å². The summed E-state index contributed by atoms with van der Waals surface area (Å²) < 4.78 is 21.1. The highest BCUT2D eigenvalue weighted by Crippen LogP contribution is 2.42. The Hall–Kier alpha value is -0.550. The zero-order valence-electron chi connectivity index (χ0n) is 12.9. The molecule has 1 fully saturated rings. The highest BCUT2D eigenvalue weighted by atomic mass is 32.2. The number of nitrogens with zero attached hydrogens (tertiary/aromatic N) is 1. The van der Waals surface area contributed by atoms with Crippen LogP contribution < -0.4 is 0 Å². The summed E-state index contributed by atoms with van der Waals surface area (Å²) in [5.74, 6) is -0.185. The first-order valence-corrected chi connectivity index (χ1v) is 7.72. The summed E-state index contributed by atoms with van der Waals surface area (Å²) in [5.41, 5.74) is 0.341. The number of esters is 1. The maximum absolute atomic E-state index is 11.9. The van der Waals surface area contributed by atoms with E-state index in [1.54, 1.807) is 0 Å². The van der Waals surface area contributed by atoms with E-state index in [2.05, 4.69) is 4.40 Å². The van der Waals surface area contributed by atoms with Gasteiger partial charge in [-0.2, -0.15) is 0 Å². The molecule has 0 aliphatic heterocycles. The average Bonchev–Trinajstić information content (AvgIpc) is 2.91. The van der Waals surface area contributed by atoms with Crippen molar-refractivity contribution in [3.63, 3.8) is 0 Å². The van der Waals surface area contributed by atoms with Gasteiger partial charge in [-0.3, -0.25) is 4.79 Å². The molecule has 1 unspecified atom stereocenters. The molecule has 3 atom stereocenters. The quantitative estimate of drug-likeness (QED) is 0.455. The molecular weight excluding hydrogens is 262 g/mol. The lowest BCUT2D eigenvalue weighted by Crippen LogP contribution is -2.27. The molecule has 0 aromatic rings. The van der Waals surface area contributed by atoms with Gasteiger partial charge in [0.2, 0.25) is 0 Å². The van der Waals surface area contributed by atoms with Crippen LogP contribution in [0, 0.1) is 11.8 Å². The third-order valence-corrected chi connectivity index (χ3v) is 4.29. The van der Waals surface area contributed by atoms with E-state index in [9.17, 15) is 9.35 Å². The van der Waals surface area contributed by atoms with Gasteiger partial charge < -0.3 is 9.29 Å². The molecule has 0 aromatic carbocycles. The predicted molar refractivity (Wildman–Crippen MR) is 78.4 cm³/mol. The Morgan fingerprint density at radius 2 is 1.74 bits per heavy atom. The van der Waals surface area contributed by atoms with Crippen LogP contribution in [0.25, 0.3) is 0 Å². The lowest BCUT2D eigenvalue weighted by Gasteiger charge is -2.20. The predicted octanol–water partition coefficient (Wildman–Crippen LogP) is 2.89. The minimum atomic E-state index is -1.26. The summed E-state index contributed by atoms with van der Waals surface area (Å²) in [6.45, 7) is 13.1. The van der Waals surface area contributed by atoms with Crippen molar-refractivity contribution < 1.29 is 14.1 Å². The van der Waals surface area contributed by atoms with Crippen molar-refractivity contribution in [1.82, 2.24) is 0 Å². The van der Waals surface area contributed by atoms with Gasteiger partial charge in [-0.1, -0.05) is 4.40 Å². The molecule has 0 radical (unpaired) electrons. The number of ether oxygens (including phenoxy) is 1. The third kappa shape index (κ3) is 5.15. The maximum Gasteiger partial charge on any atom is 0.310 e. The second kappa shape index (κ2) is 5.44. The number of carbonyl (C=O) groups is 1. The Labute approximate surface area is 119 Å². The van der Waals surface area contributed by atoms with Crippen LogP contribution in [0.3, 0.4) is 0 Å². The van der Waals surface area contributed by atoms with Crippen LogP contribution in [-0.4, -0.2) is 26.6 Å². The minimum absolute atomic E-state index is 0.0983. The smallest absolute Gasteiger partial charge is 0.310 e. The van der Waals surface area contributed by atoms with Gasteiger partial charge >= 0.3 is 5.97 Å². The summed E-state index contributed by atoms with van der Waals surface area (Å²) in [5, 5.41) is 0. The lowest BCUT2D eigenvalue weighted by atomic mass is 10.2. The zero-order valence-corrected chi connectivity index (χ0v) is 13.8. The number of rotatable bonds is 3. The van der Waals surface area contributed by atoms with Crippen molar-refractivity contribution in [3.05, 3.63) is 0 Å². The SMILES string of the molecule is C/C(=N\[S+]([O-])C(C)(C)C)[C@@H]1C[C@H]1C(=O)OC(C)(C)C. The first-order valence-electron chi connectivity index (χ1n) is 6.62. The summed E-state index contributed by atoms with van der Waals surface area (Å²) in [6, 6.07) is 0. The van der Waals surface area contributed by atoms with Crippen LogP contribution in [0.2, 0.25) is 0 Å². The van der Waals surface area contributed by atoms with Crippen molar-refractivity contribution >= 4 is 23.0 Å². The van der Waals surface area contributed by atoms with Crippen LogP contribution >= 0.6 is 0 Å². The fraction of sp³-hybridized carbons (Fsp3) is 0.857.